The Morgan fingerprint density at radius 2 is 1.97 bits per heavy atom. The summed E-state index contributed by atoms with van der Waals surface area (Å²) in [5.74, 6) is 1.45. The highest BCUT2D eigenvalue weighted by atomic mass is 16.5. The van der Waals surface area contributed by atoms with Crippen LogP contribution in [-0.4, -0.2) is 70.6 Å². The van der Waals surface area contributed by atoms with Crippen molar-refractivity contribution in [3.63, 3.8) is 0 Å². The monoisotopic (exact) mass is 418 g/mol. The number of rotatable bonds is 12. The van der Waals surface area contributed by atoms with Gasteiger partial charge in [-0.1, -0.05) is 12.1 Å². The first-order valence-corrected chi connectivity index (χ1v) is 10.9. The van der Waals surface area contributed by atoms with E-state index in [9.17, 15) is 4.79 Å². The fourth-order valence-corrected chi connectivity index (χ4v) is 3.12. The summed E-state index contributed by atoms with van der Waals surface area (Å²) < 4.78 is 16.6. The van der Waals surface area contributed by atoms with Crippen molar-refractivity contribution < 1.29 is 19.0 Å². The van der Waals surface area contributed by atoms with Gasteiger partial charge in [0, 0.05) is 39.4 Å². The highest BCUT2D eigenvalue weighted by Gasteiger charge is 2.23. The van der Waals surface area contributed by atoms with E-state index < -0.39 is 0 Å². The Bertz CT molecular complexity index is 670. The fraction of sp³-hybridized carbons (Fsp3) is 0.636. The van der Waals surface area contributed by atoms with Crippen LogP contribution in [0, 0.1) is 0 Å². The molecule has 1 aliphatic carbocycles. The molecule has 0 aromatic heterocycles. The first kappa shape index (κ1) is 22.4. The zero-order valence-electron chi connectivity index (χ0n) is 17.8. The lowest BCUT2D eigenvalue weighted by atomic mass is 10.1. The van der Waals surface area contributed by atoms with Gasteiger partial charge in [-0.2, -0.15) is 0 Å². The van der Waals surface area contributed by atoms with E-state index in [0.29, 0.717) is 11.8 Å². The number of amides is 1. The molecule has 1 heterocycles. The fourth-order valence-electron chi connectivity index (χ4n) is 3.12. The first-order valence-electron chi connectivity index (χ1n) is 10.9. The van der Waals surface area contributed by atoms with Crippen molar-refractivity contribution in [1.82, 2.24) is 16.0 Å². The number of benzene rings is 1. The Labute approximate surface area is 178 Å². The molecule has 0 radical (unpaired) electrons. The Balaban J connectivity index is 1.24. The number of guanidine groups is 1. The lowest BCUT2D eigenvalue weighted by Gasteiger charge is -2.13. The van der Waals surface area contributed by atoms with Crippen molar-refractivity contribution >= 4 is 11.9 Å². The Hall–Kier alpha value is -2.32. The topological polar surface area (TPSA) is 93.2 Å². The number of carbonyl (C=O) groups is 1. The van der Waals surface area contributed by atoms with Crippen LogP contribution < -0.4 is 20.7 Å². The Kier molecular flexibility index (Phi) is 9.24. The van der Waals surface area contributed by atoms with E-state index in [-0.39, 0.29) is 18.6 Å². The van der Waals surface area contributed by atoms with E-state index in [1.54, 1.807) is 7.05 Å². The van der Waals surface area contributed by atoms with Gasteiger partial charge in [-0.3, -0.25) is 9.79 Å². The molecule has 1 unspecified atom stereocenters. The van der Waals surface area contributed by atoms with Crippen LogP contribution in [0.25, 0.3) is 0 Å². The summed E-state index contributed by atoms with van der Waals surface area (Å²) in [5, 5.41) is 9.54. The standard InChI is InChI=1S/C22H34N4O4/c1-23-22(24-11-2-13-29-20-10-14-28-15-20)25-12-9-17-3-7-19(8-4-17)30-16-21(27)26-18-5-6-18/h3-4,7-8,18,20H,2,5-6,9-16H2,1H3,(H,26,27)(H2,23,24,25). The SMILES string of the molecule is CN=C(NCCCOC1CCOC1)NCCc1ccc(OCC(=O)NC2CC2)cc1. The van der Waals surface area contributed by atoms with Gasteiger partial charge in [-0.25, -0.2) is 0 Å². The van der Waals surface area contributed by atoms with Crippen LogP contribution in [0.1, 0.15) is 31.2 Å². The molecule has 1 aromatic carbocycles. The van der Waals surface area contributed by atoms with E-state index in [0.717, 1.165) is 71.0 Å². The van der Waals surface area contributed by atoms with Gasteiger partial charge >= 0.3 is 0 Å². The predicted octanol–water partition coefficient (Wildman–Crippen LogP) is 1.25. The molecule has 8 heteroatoms. The summed E-state index contributed by atoms with van der Waals surface area (Å²) >= 11 is 0. The molecule has 8 nitrogen and oxygen atoms in total. The molecular weight excluding hydrogens is 384 g/mol. The second-order valence-electron chi connectivity index (χ2n) is 7.66. The van der Waals surface area contributed by atoms with E-state index in [2.05, 4.69) is 20.9 Å². The summed E-state index contributed by atoms with van der Waals surface area (Å²) in [6.45, 7) is 3.92. The van der Waals surface area contributed by atoms with Crippen molar-refractivity contribution in [2.75, 3.05) is 46.6 Å². The smallest absolute Gasteiger partial charge is 0.258 e. The number of hydrogen-bond acceptors (Lipinski definition) is 5. The summed E-state index contributed by atoms with van der Waals surface area (Å²) in [4.78, 5) is 15.9. The van der Waals surface area contributed by atoms with Crippen LogP contribution in [0.15, 0.2) is 29.3 Å². The largest absolute Gasteiger partial charge is 0.484 e. The molecule has 3 N–H and O–H groups in total. The van der Waals surface area contributed by atoms with Gasteiger partial charge < -0.3 is 30.2 Å². The van der Waals surface area contributed by atoms with Gasteiger partial charge in [0.2, 0.25) is 0 Å². The lowest BCUT2D eigenvalue weighted by molar-refractivity contribution is -0.123. The van der Waals surface area contributed by atoms with Gasteiger partial charge in [-0.05, 0) is 49.8 Å². The average Bonchev–Trinajstić information content (AvgIpc) is 3.42. The van der Waals surface area contributed by atoms with Crippen LogP contribution in [0.5, 0.6) is 5.75 Å². The van der Waals surface area contributed by atoms with Crippen molar-refractivity contribution in [3.05, 3.63) is 29.8 Å². The van der Waals surface area contributed by atoms with E-state index in [1.165, 1.54) is 5.56 Å². The molecule has 1 saturated carbocycles. The maximum atomic E-state index is 11.7. The van der Waals surface area contributed by atoms with Crippen LogP contribution in [-0.2, 0) is 20.7 Å². The second kappa shape index (κ2) is 12.4. The van der Waals surface area contributed by atoms with Crippen molar-refractivity contribution in [1.29, 1.82) is 0 Å². The van der Waals surface area contributed by atoms with E-state index in [4.69, 9.17) is 14.2 Å². The van der Waals surface area contributed by atoms with Crippen LogP contribution in [0.3, 0.4) is 0 Å². The van der Waals surface area contributed by atoms with Gasteiger partial charge in [0.15, 0.2) is 12.6 Å². The minimum absolute atomic E-state index is 0.0521. The van der Waals surface area contributed by atoms with Crippen LogP contribution >= 0.6 is 0 Å². The average molecular weight is 419 g/mol. The summed E-state index contributed by atoms with van der Waals surface area (Å²) in [7, 11) is 1.77. The molecule has 1 amide bonds. The third-order valence-corrected chi connectivity index (χ3v) is 5.02. The zero-order valence-corrected chi connectivity index (χ0v) is 17.8. The van der Waals surface area contributed by atoms with Crippen LogP contribution in [0.2, 0.25) is 0 Å². The molecule has 30 heavy (non-hydrogen) atoms. The molecule has 0 spiro atoms. The molecule has 2 fully saturated rings. The van der Waals surface area contributed by atoms with Crippen molar-refractivity contribution in [2.45, 2.75) is 44.2 Å². The third-order valence-electron chi connectivity index (χ3n) is 5.02. The molecular formula is C22H34N4O4. The molecule has 166 valence electrons. The van der Waals surface area contributed by atoms with Crippen molar-refractivity contribution in [3.8, 4) is 5.75 Å². The maximum absolute atomic E-state index is 11.7. The molecule has 1 atom stereocenters. The number of nitrogens with one attached hydrogen (secondary N) is 3. The van der Waals surface area contributed by atoms with Crippen LogP contribution in [0.4, 0.5) is 0 Å². The number of ether oxygens (including phenoxy) is 3. The maximum Gasteiger partial charge on any atom is 0.258 e. The summed E-state index contributed by atoms with van der Waals surface area (Å²) in [6, 6.07) is 8.22. The third kappa shape index (κ3) is 8.59. The number of hydrogen-bond donors (Lipinski definition) is 3. The van der Waals surface area contributed by atoms with Crippen molar-refractivity contribution in [2.24, 2.45) is 4.99 Å². The normalized spacial score (nSPS) is 18.8. The lowest BCUT2D eigenvalue weighted by Crippen LogP contribution is -2.39. The molecule has 1 aromatic rings. The highest BCUT2D eigenvalue weighted by molar-refractivity contribution is 5.79. The minimum Gasteiger partial charge on any atom is -0.484 e. The summed E-state index contributed by atoms with van der Waals surface area (Å²) in [6.07, 6.45) is 5.22. The molecule has 2 aliphatic rings. The molecule has 0 bridgehead atoms. The van der Waals surface area contributed by atoms with E-state index >= 15 is 0 Å². The van der Waals surface area contributed by atoms with Gasteiger partial charge in [0.05, 0.1) is 12.7 Å². The minimum atomic E-state index is -0.0521. The second-order valence-corrected chi connectivity index (χ2v) is 7.66. The Morgan fingerprint density at radius 3 is 2.67 bits per heavy atom. The quantitative estimate of drug-likeness (QED) is 0.269. The summed E-state index contributed by atoms with van der Waals surface area (Å²) in [5.41, 5.74) is 1.19. The number of aliphatic imine (C=N–C) groups is 1. The number of carbonyl (C=O) groups excluding carboxylic acids is 1. The van der Waals surface area contributed by atoms with Gasteiger partial charge in [-0.15, -0.1) is 0 Å². The number of nitrogens with zero attached hydrogens (tertiary/aromatic N) is 1. The first-order chi connectivity index (χ1) is 14.7. The molecule has 1 saturated heterocycles. The van der Waals surface area contributed by atoms with Gasteiger partial charge in [0.25, 0.3) is 5.91 Å². The predicted molar refractivity (Wildman–Crippen MR) is 116 cm³/mol. The molecule has 3 rings (SSSR count). The Morgan fingerprint density at radius 1 is 1.17 bits per heavy atom. The zero-order chi connectivity index (χ0) is 21.0. The highest BCUT2D eigenvalue weighted by Crippen LogP contribution is 2.18. The van der Waals surface area contributed by atoms with Gasteiger partial charge in [0.1, 0.15) is 5.75 Å². The van der Waals surface area contributed by atoms with E-state index in [1.807, 2.05) is 24.3 Å². The molecule has 1 aliphatic heterocycles.